The van der Waals surface area contributed by atoms with Crippen LogP contribution in [0.25, 0.3) is 0 Å². The zero-order valence-corrected chi connectivity index (χ0v) is 24.7. The number of phenols is 1. The van der Waals surface area contributed by atoms with Gasteiger partial charge in [0.05, 0.1) is 0 Å². The van der Waals surface area contributed by atoms with Gasteiger partial charge in [-0.1, -0.05) is 92.6 Å². The third-order valence-corrected chi connectivity index (χ3v) is 8.02. The first kappa shape index (κ1) is 29.1. The van der Waals surface area contributed by atoms with Crippen LogP contribution in [0.3, 0.4) is 0 Å². The summed E-state index contributed by atoms with van der Waals surface area (Å²) in [6, 6.07) is 12.5. The highest BCUT2D eigenvalue weighted by Gasteiger charge is 2.30. The number of amides is 2. The first-order chi connectivity index (χ1) is 17.1. The fraction of sp³-hybridized carbons (Fsp3) is 0.606. The standard InChI is InChI=1S/C33H50N2O2/c1-31(2,3)24-16-18-25(19-17-24)34-30(37)35-28-13-11-10-12-23(28)15-14-22-20-26(32(4,5)6)29(36)27(21-22)33(7,8)9/h10-13,20-21,24-25,36H,14-19H2,1-9H3,(H2,34,35,37). The molecule has 1 aliphatic carbocycles. The number of carbonyl (C=O) groups is 1. The molecule has 0 saturated heterocycles. The molecule has 3 N–H and O–H groups in total. The molecule has 0 bridgehead atoms. The van der Waals surface area contributed by atoms with Gasteiger partial charge in [0.25, 0.3) is 0 Å². The highest BCUT2D eigenvalue weighted by atomic mass is 16.3. The summed E-state index contributed by atoms with van der Waals surface area (Å²) in [5.74, 6) is 1.14. The van der Waals surface area contributed by atoms with Gasteiger partial charge in [-0.05, 0) is 89.0 Å². The van der Waals surface area contributed by atoms with E-state index in [2.05, 4.69) is 91.1 Å². The lowest BCUT2D eigenvalue weighted by Crippen LogP contribution is -2.41. The second kappa shape index (κ2) is 11.1. The molecule has 4 heteroatoms. The first-order valence-corrected chi connectivity index (χ1v) is 14.1. The monoisotopic (exact) mass is 506 g/mol. The molecule has 2 aromatic rings. The molecule has 0 radical (unpaired) electrons. The maximum absolute atomic E-state index is 12.9. The summed E-state index contributed by atoms with van der Waals surface area (Å²) >= 11 is 0. The summed E-state index contributed by atoms with van der Waals surface area (Å²) in [5.41, 5.74) is 5.22. The normalized spacial score (nSPS) is 18.9. The quantitative estimate of drug-likeness (QED) is 0.381. The number of nitrogens with one attached hydrogen (secondary N) is 2. The number of hydrogen-bond donors (Lipinski definition) is 3. The van der Waals surface area contributed by atoms with Crippen LogP contribution in [0.15, 0.2) is 36.4 Å². The minimum absolute atomic E-state index is 0.110. The Balaban J connectivity index is 1.69. The minimum atomic E-state index is -0.149. The van der Waals surface area contributed by atoms with Crippen LogP contribution in [0.4, 0.5) is 10.5 Å². The lowest BCUT2D eigenvalue weighted by atomic mass is 9.71. The van der Waals surface area contributed by atoms with Gasteiger partial charge < -0.3 is 15.7 Å². The molecule has 0 heterocycles. The number of aryl methyl sites for hydroxylation is 2. The molecule has 204 valence electrons. The Morgan fingerprint density at radius 3 is 1.89 bits per heavy atom. The number of anilines is 1. The van der Waals surface area contributed by atoms with Crippen LogP contribution in [0, 0.1) is 11.3 Å². The van der Waals surface area contributed by atoms with E-state index in [9.17, 15) is 9.90 Å². The Morgan fingerprint density at radius 2 is 1.38 bits per heavy atom. The molecule has 2 amide bonds. The van der Waals surface area contributed by atoms with Crippen LogP contribution >= 0.6 is 0 Å². The van der Waals surface area contributed by atoms with E-state index in [0.29, 0.717) is 11.2 Å². The second-order valence-corrected chi connectivity index (χ2v) is 14.2. The molecule has 1 saturated carbocycles. The zero-order chi connectivity index (χ0) is 27.6. The van der Waals surface area contributed by atoms with Crippen molar-refractivity contribution in [2.24, 2.45) is 11.3 Å². The van der Waals surface area contributed by atoms with Crippen molar-refractivity contribution >= 4 is 11.7 Å². The maximum atomic E-state index is 12.9. The van der Waals surface area contributed by atoms with Gasteiger partial charge in [-0.2, -0.15) is 0 Å². The summed E-state index contributed by atoms with van der Waals surface area (Å²) in [4.78, 5) is 12.9. The van der Waals surface area contributed by atoms with Crippen molar-refractivity contribution in [1.29, 1.82) is 0 Å². The molecule has 0 aromatic heterocycles. The molecule has 3 rings (SSSR count). The average molecular weight is 507 g/mol. The summed E-state index contributed by atoms with van der Waals surface area (Å²) in [6.07, 6.45) is 6.08. The van der Waals surface area contributed by atoms with Crippen LogP contribution in [0.5, 0.6) is 5.75 Å². The number of para-hydroxylation sites is 1. The molecule has 0 atom stereocenters. The lowest BCUT2D eigenvalue weighted by molar-refractivity contribution is 0.161. The van der Waals surface area contributed by atoms with E-state index in [1.807, 2.05) is 18.2 Å². The van der Waals surface area contributed by atoms with Crippen molar-refractivity contribution in [2.75, 3.05) is 5.32 Å². The molecule has 0 unspecified atom stereocenters. The lowest BCUT2D eigenvalue weighted by Gasteiger charge is -2.37. The Kier molecular flexibility index (Phi) is 8.71. The zero-order valence-electron chi connectivity index (χ0n) is 24.7. The van der Waals surface area contributed by atoms with Crippen molar-refractivity contribution in [2.45, 2.75) is 118 Å². The van der Waals surface area contributed by atoms with Gasteiger partial charge in [-0.3, -0.25) is 0 Å². The first-order valence-electron chi connectivity index (χ1n) is 14.1. The van der Waals surface area contributed by atoms with E-state index in [4.69, 9.17) is 0 Å². The van der Waals surface area contributed by atoms with E-state index in [1.54, 1.807) is 0 Å². The molecule has 4 nitrogen and oxygen atoms in total. The van der Waals surface area contributed by atoms with Crippen LogP contribution < -0.4 is 10.6 Å². The maximum Gasteiger partial charge on any atom is 0.319 e. The predicted molar refractivity (Wildman–Crippen MR) is 157 cm³/mol. The highest BCUT2D eigenvalue weighted by molar-refractivity contribution is 5.90. The SMILES string of the molecule is CC(C)(C)c1cc(CCc2ccccc2NC(=O)NC2CCC(C(C)(C)C)CC2)cc(C(C)(C)C)c1O. The number of carbonyl (C=O) groups excluding carboxylic acids is 1. The molecule has 1 aliphatic rings. The van der Waals surface area contributed by atoms with Crippen molar-refractivity contribution in [3.8, 4) is 5.75 Å². The number of aromatic hydroxyl groups is 1. The Bertz CT molecular complexity index is 1040. The number of hydrogen-bond acceptors (Lipinski definition) is 2. The number of urea groups is 1. The predicted octanol–water partition coefficient (Wildman–Crippen LogP) is 8.50. The van der Waals surface area contributed by atoms with E-state index >= 15 is 0 Å². The fourth-order valence-electron chi connectivity index (χ4n) is 5.57. The smallest absolute Gasteiger partial charge is 0.319 e. The molecular weight excluding hydrogens is 456 g/mol. The van der Waals surface area contributed by atoms with E-state index in [0.717, 1.165) is 54.0 Å². The summed E-state index contributed by atoms with van der Waals surface area (Å²) in [5, 5.41) is 17.4. The molecule has 2 aromatic carbocycles. The van der Waals surface area contributed by atoms with Gasteiger partial charge in [0.15, 0.2) is 0 Å². The third kappa shape index (κ3) is 7.75. The van der Waals surface area contributed by atoms with Gasteiger partial charge in [-0.25, -0.2) is 4.79 Å². The van der Waals surface area contributed by atoms with Crippen LogP contribution in [-0.4, -0.2) is 17.2 Å². The Morgan fingerprint density at radius 1 is 0.838 bits per heavy atom. The number of phenolic OH excluding ortho intramolecular Hbond substituents is 1. The van der Waals surface area contributed by atoms with Gasteiger partial charge in [0.1, 0.15) is 5.75 Å². The fourth-order valence-corrected chi connectivity index (χ4v) is 5.57. The van der Waals surface area contributed by atoms with Gasteiger partial charge in [-0.15, -0.1) is 0 Å². The summed E-state index contributed by atoms with van der Waals surface area (Å²) in [7, 11) is 0. The van der Waals surface area contributed by atoms with Crippen LogP contribution in [-0.2, 0) is 23.7 Å². The average Bonchev–Trinajstić information content (AvgIpc) is 2.77. The van der Waals surface area contributed by atoms with Crippen molar-refractivity contribution in [3.05, 3.63) is 58.7 Å². The Hall–Kier alpha value is -2.49. The van der Waals surface area contributed by atoms with Gasteiger partial charge in [0, 0.05) is 11.7 Å². The largest absolute Gasteiger partial charge is 0.507 e. The molecular formula is C33H50N2O2. The molecule has 37 heavy (non-hydrogen) atoms. The van der Waals surface area contributed by atoms with E-state index in [-0.39, 0.29) is 22.9 Å². The van der Waals surface area contributed by atoms with Crippen LogP contribution in [0.2, 0.25) is 0 Å². The van der Waals surface area contributed by atoms with Crippen molar-refractivity contribution in [3.63, 3.8) is 0 Å². The topological polar surface area (TPSA) is 61.4 Å². The van der Waals surface area contributed by atoms with E-state index < -0.39 is 0 Å². The van der Waals surface area contributed by atoms with Gasteiger partial charge in [0.2, 0.25) is 0 Å². The second-order valence-electron chi connectivity index (χ2n) is 14.2. The highest BCUT2D eigenvalue weighted by Crippen LogP contribution is 2.40. The minimum Gasteiger partial charge on any atom is -0.507 e. The molecule has 0 spiro atoms. The molecule has 1 fully saturated rings. The van der Waals surface area contributed by atoms with Crippen LogP contribution in [0.1, 0.15) is 110 Å². The van der Waals surface area contributed by atoms with Gasteiger partial charge >= 0.3 is 6.03 Å². The van der Waals surface area contributed by atoms with E-state index in [1.165, 1.54) is 18.4 Å². The summed E-state index contributed by atoms with van der Waals surface area (Å²) in [6.45, 7) is 19.8. The van der Waals surface area contributed by atoms with Crippen molar-refractivity contribution < 1.29 is 9.90 Å². The van der Waals surface area contributed by atoms with Crippen molar-refractivity contribution in [1.82, 2.24) is 5.32 Å². The molecule has 0 aliphatic heterocycles. The number of rotatable bonds is 5. The Labute approximate surface area is 225 Å². The summed E-state index contributed by atoms with van der Waals surface area (Å²) < 4.78 is 0. The third-order valence-electron chi connectivity index (χ3n) is 8.02. The number of benzene rings is 2.